The van der Waals surface area contributed by atoms with Crippen molar-refractivity contribution in [2.24, 2.45) is 4.99 Å². The lowest BCUT2D eigenvalue weighted by Crippen LogP contribution is -2.27. The second-order valence-corrected chi connectivity index (χ2v) is 8.81. The second kappa shape index (κ2) is 9.78. The van der Waals surface area contributed by atoms with E-state index in [2.05, 4.69) is 11.6 Å². The normalized spacial score (nSPS) is 12.3. The van der Waals surface area contributed by atoms with Crippen LogP contribution in [0.25, 0.3) is 33.4 Å². The minimum absolute atomic E-state index is 0.170. The average molecular weight is 492 g/mol. The molecule has 0 radical (unpaired) electrons. The highest BCUT2D eigenvalue weighted by Gasteiger charge is 2.26. The average Bonchev–Trinajstić information content (AvgIpc) is 3.28. The number of hydrogen-bond donors (Lipinski definition) is 0. The van der Waals surface area contributed by atoms with Gasteiger partial charge in [0.15, 0.2) is 5.82 Å². The van der Waals surface area contributed by atoms with Gasteiger partial charge >= 0.3 is 0 Å². The van der Waals surface area contributed by atoms with E-state index < -0.39 is 6.04 Å². The predicted molar refractivity (Wildman–Crippen MR) is 147 cm³/mol. The van der Waals surface area contributed by atoms with Crippen LogP contribution >= 0.6 is 0 Å². The Morgan fingerprint density at radius 2 is 1.78 bits per heavy atom. The first-order valence-corrected chi connectivity index (χ1v) is 12.0. The highest BCUT2D eigenvalue weighted by atomic mass is 19.1. The zero-order valence-corrected chi connectivity index (χ0v) is 20.9. The van der Waals surface area contributed by atoms with Gasteiger partial charge in [-0.3, -0.25) is 9.36 Å². The molecule has 5 rings (SSSR count). The minimum Gasteiger partial charge on any atom is -0.268 e. The quantitative estimate of drug-likeness (QED) is 0.247. The molecule has 5 aromatic rings. The van der Waals surface area contributed by atoms with Gasteiger partial charge < -0.3 is 0 Å². The molecule has 0 spiro atoms. The summed E-state index contributed by atoms with van der Waals surface area (Å²) < 4.78 is 17.5. The second-order valence-electron chi connectivity index (χ2n) is 8.81. The van der Waals surface area contributed by atoms with E-state index in [-0.39, 0.29) is 11.4 Å². The van der Waals surface area contributed by atoms with E-state index in [1.54, 1.807) is 33.7 Å². The number of aromatic nitrogens is 4. The van der Waals surface area contributed by atoms with Crippen LogP contribution < -0.4 is 5.56 Å². The maximum Gasteiger partial charge on any atom is 0.266 e. The molecule has 0 aliphatic carbocycles. The molecule has 0 saturated carbocycles. The number of benzene rings is 3. The van der Waals surface area contributed by atoms with E-state index in [0.717, 1.165) is 5.57 Å². The summed E-state index contributed by atoms with van der Waals surface area (Å²) in [5.41, 5.74) is 3.76. The summed E-state index contributed by atoms with van der Waals surface area (Å²) in [6.45, 7) is 9.77. The Morgan fingerprint density at radius 3 is 2.49 bits per heavy atom. The third kappa shape index (κ3) is 4.29. The zero-order chi connectivity index (χ0) is 26.1. The standard InChI is InChI=1S/C30H26FN5O/c1-5-32-29-26(19(2)3)27(21-12-11-13-22(31)18-21)34-36(29)20(4)28-33-25-17-10-9-16-24(25)30(37)35(28)23-14-7-6-8-15-23/h5-18,20H,2H2,1,3-4H3. The van der Waals surface area contributed by atoms with Crippen LogP contribution in [0.15, 0.2) is 95.2 Å². The number of nitrogens with zero attached hydrogens (tertiary/aromatic N) is 5. The van der Waals surface area contributed by atoms with Gasteiger partial charge in [0.25, 0.3) is 5.56 Å². The number of para-hydroxylation sites is 2. The monoisotopic (exact) mass is 491 g/mol. The third-order valence-corrected chi connectivity index (χ3v) is 6.22. The van der Waals surface area contributed by atoms with Crippen molar-refractivity contribution in [3.63, 3.8) is 0 Å². The fourth-order valence-corrected chi connectivity index (χ4v) is 4.54. The van der Waals surface area contributed by atoms with Crippen LogP contribution in [0.5, 0.6) is 0 Å². The Morgan fingerprint density at radius 1 is 1.05 bits per heavy atom. The maximum atomic E-state index is 14.2. The number of aliphatic imine (C=N–C) groups is 1. The molecule has 184 valence electrons. The molecular weight excluding hydrogens is 465 g/mol. The molecule has 0 aliphatic heterocycles. The first-order chi connectivity index (χ1) is 17.9. The van der Waals surface area contributed by atoms with Gasteiger partial charge in [-0.2, -0.15) is 5.10 Å². The van der Waals surface area contributed by atoms with E-state index in [1.807, 2.05) is 69.3 Å². The number of hydrogen-bond acceptors (Lipinski definition) is 4. The lowest BCUT2D eigenvalue weighted by molar-refractivity contribution is 0.528. The molecule has 3 aromatic carbocycles. The Kier molecular flexibility index (Phi) is 6.36. The summed E-state index contributed by atoms with van der Waals surface area (Å²) in [6.07, 6.45) is 1.68. The molecule has 0 saturated heterocycles. The largest absolute Gasteiger partial charge is 0.268 e. The van der Waals surface area contributed by atoms with Gasteiger partial charge in [0.2, 0.25) is 0 Å². The van der Waals surface area contributed by atoms with E-state index >= 15 is 0 Å². The number of fused-ring (bicyclic) bond motifs is 1. The van der Waals surface area contributed by atoms with Crippen LogP contribution in [0, 0.1) is 5.82 Å². The van der Waals surface area contributed by atoms with Crippen molar-refractivity contribution in [2.75, 3.05) is 0 Å². The highest BCUT2D eigenvalue weighted by molar-refractivity contribution is 5.85. The summed E-state index contributed by atoms with van der Waals surface area (Å²) in [5, 5.41) is 5.43. The zero-order valence-electron chi connectivity index (χ0n) is 20.9. The fraction of sp³-hybridized carbons (Fsp3) is 0.133. The van der Waals surface area contributed by atoms with Crippen LogP contribution in [0.1, 0.15) is 38.2 Å². The SMILES string of the molecule is C=C(C)c1c(-c2cccc(F)c2)nn(C(C)c2nc3ccccc3c(=O)n2-c2ccccc2)c1N=CC. The third-order valence-electron chi connectivity index (χ3n) is 6.22. The summed E-state index contributed by atoms with van der Waals surface area (Å²) >= 11 is 0. The van der Waals surface area contributed by atoms with Gasteiger partial charge in [-0.05, 0) is 62.7 Å². The number of rotatable bonds is 6. The first-order valence-electron chi connectivity index (χ1n) is 12.0. The molecule has 6 nitrogen and oxygen atoms in total. The van der Waals surface area contributed by atoms with Crippen molar-refractivity contribution >= 4 is 28.5 Å². The molecule has 0 fully saturated rings. The van der Waals surface area contributed by atoms with Crippen molar-refractivity contribution in [2.45, 2.75) is 26.8 Å². The summed E-state index contributed by atoms with van der Waals surface area (Å²) in [5.74, 6) is 0.704. The van der Waals surface area contributed by atoms with Gasteiger partial charge in [0, 0.05) is 17.3 Å². The molecule has 2 heterocycles. The number of halogens is 1. The van der Waals surface area contributed by atoms with Gasteiger partial charge in [0.1, 0.15) is 23.4 Å². The van der Waals surface area contributed by atoms with Crippen LogP contribution in [-0.4, -0.2) is 25.5 Å². The molecule has 7 heteroatoms. The molecule has 0 bridgehead atoms. The van der Waals surface area contributed by atoms with E-state index in [9.17, 15) is 9.18 Å². The van der Waals surface area contributed by atoms with Crippen LogP contribution in [-0.2, 0) is 0 Å². The summed E-state index contributed by atoms with van der Waals surface area (Å²) in [7, 11) is 0. The first kappa shape index (κ1) is 24.1. The lowest BCUT2D eigenvalue weighted by Gasteiger charge is -2.20. The Labute approximate surface area is 214 Å². The topological polar surface area (TPSA) is 65.1 Å². The fourth-order valence-electron chi connectivity index (χ4n) is 4.54. The molecule has 1 atom stereocenters. The molecule has 0 N–H and O–H groups in total. The maximum absolute atomic E-state index is 14.2. The Bertz CT molecular complexity index is 1720. The predicted octanol–water partition coefficient (Wildman–Crippen LogP) is 6.75. The smallest absolute Gasteiger partial charge is 0.266 e. The van der Waals surface area contributed by atoms with Crippen molar-refractivity contribution in [1.29, 1.82) is 0 Å². The summed E-state index contributed by atoms with van der Waals surface area (Å²) in [6, 6.07) is 22.5. The van der Waals surface area contributed by atoms with E-state index in [0.29, 0.717) is 45.1 Å². The van der Waals surface area contributed by atoms with Gasteiger partial charge in [-0.1, -0.05) is 49.0 Å². The molecule has 37 heavy (non-hydrogen) atoms. The van der Waals surface area contributed by atoms with Crippen molar-refractivity contribution < 1.29 is 4.39 Å². The van der Waals surface area contributed by atoms with E-state index in [1.165, 1.54) is 12.1 Å². The van der Waals surface area contributed by atoms with Crippen LogP contribution in [0.2, 0.25) is 0 Å². The molecule has 1 unspecified atom stereocenters. The molecule has 0 amide bonds. The lowest BCUT2D eigenvalue weighted by atomic mass is 10.0. The number of allylic oxidation sites excluding steroid dienone is 1. The summed E-state index contributed by atoms with van der Waals surface area (Å²) in [4.78, 5) is 23.3. The van der Waals surface area contributed by atoms with Crippen molar-refractivity contribution in [1.82, 2.24) is 19.3 Å². The Hall–Kier alpha value is -4.65. The van der Waals surface area contributed by atoms with Gasteiger partial charge in [-0.15, -0.1) is 0 Å². The molecular formula is C30H26FN5O. The highest BCUT2D eigenvalue weighted by Crippen LogP contribution is 2.38. The van der Waals surface area contributed by atoms with Gasteiger partial charge in [-0.25, -0.2) is 19.0 Å². The van der Waals surface area contributed by atoms with Crippen LogP contribution in [0.4, 0.5) is 10.2 Å². The van der Waals surface area contributed by atoms with Crippen molar-refractivity contribution in [3.05, 3.63) is 113 Å². The minimum atomic E-state index is -0.503. The van der Waals surface area contributed by atoms with Crippen LogP contribution in [0.3, 0.4) is 0 Å². The molecule has 0 aliphatic rings. The van der Waals surface area contributed by atoms with Crippen molar-refractivity contribution in [3.8, 4) is 16.9 Å². The molecule has 2 aromatic heterocycles. The van der Waals surface area contributed by atoms with E-state index in [4.69, 9.17) is 10.1 Å². The Balaban J connectivity index is 1.82. The van der Waals surface area contributed by atoms with Gasteiger partial charge in [0.05, 0.1) is 16.6 Å².